The second kappa shape index (κ2) is 4.28. The zero-order valence-corrected chi connectivity index (χ0v) is 9.02. The van der Waals surface area contributed by atoms with Gasteiger partial charge in [0, 0.05) is 6.92 Å². The molecule has 0 radical (unpaired) electrons. The number of halogens is 1. The molecule has 2 aromatic heterocycles. The van der Waals surface area contributed by atoms with Gasteiger partial charge in [-0.15, -0.1) is 5.10 Å². The van der Waals surface area contributed by atoms with Crippen LogP contribution in [0.2, 0.25) is 5.15 Å². The predicted octanol–water partition coefficient (Wildman–Crippen LogP) is 1.68. The number of carbonyl (C=O) groups excluding carboxylic acids is 1. The summed E-state index contributed by atoms with van der Waals surface area (Å²) in [6, 6.07) is 4.77. The van der Waals surface area contributed by atoms with E-state index in [4.69, 9.17) is 16.0 Å². The number of aryl methyl sites for hydroxylation is 1. The Bertz CT molecular complexity index is 526. The molecule has 6 nitrogen and oxygen atoms in total. The van der Waals surface area contributed by atoms with Crippen molar-refractivity contribution in [2.24, 2.45) is 0 Å². The third-order valence-electron chi connectivity index (χ3n) is 1.69. The fourth-order valence-corrected chi connectivity index (χ4v) is 1.21. The quantitative estimate of drug-likeness (QED) is 0.805. The SMILES string of the molecule is Cc1nnc(NC(=O)c2cccc(Cl)n2)o1. The molecule has 0 atom stereocenters. The van der Waals surface area contributed by atoms with Crippen LogP contribution in [-0.2, 0) is 0 Å². The van der Waals surface area contributed by atoms with Crippen molar-refractivity contribution >= 4 is 23.5 Å². The summed E-state index contributed by atoms with van der Waals surface area (Å²) in [6.07, 6.45) is 0. The molecule has 1 amide bonds. The molecule has 16 heavy (non-hydrogen) atoms. The number of pyridine rings is 1. The minimum absolute atomic E-state index is 0.0317. The molecule has 1 N–H and O–H groups in total. The summed E-state index contributed by atoms with van der Waals surface area (Å²) in [6.45, 7) is 1.63. The molecule has 2 rings (SSSR count). The molecule has 0 aliphatic heterocycles. The monoisotopic (exact) mass is 238 g/mol. The Morgan fingerprint density at radius 2 is 2.25 bits per heavy atom. The van der Waals surface area contributed by atoms with E-state index in [1.165, 1.54) is 6.07 Å². The summed E-state index contributed by atoms with van der Waals surface area (Å²) in [5, 5.41) is 9.85. The maximum Gasteiger partial charge on any atom is 0.322 e. The molecule has 0 saturated heterocycles. The molecule has 2 heterocycles. The molecule has 0 aliphatic carbocycles. The van der Waals surface area contributed by atoms with E-state index in [1.807, 2.05) is 0 Å². The van der Waals surface area contributed by atoms with Crippen molar-refractivity contribution in [3.63, 3.8) is 0 Å². The van der Waals surface area contributed by atoms with Gasteiger partial charge in [-0.2, -0.15) is 0 Å². The second-order valence-corrected chi connectivity index (χ2v) is 3.31. The van der Waals surface area contributed by atoms with E-state index < -0.39 is 5.91 Å². The van der Waals surface area contributed by atoms with Crippen LogP contribution in [0.15, 0.2) is 22.6 Å². The van der Waals surface area contributed by atoms with Gasteiger partial charge in [0.1, 0.15) is 10.8 Å². The molecule has 0 fully saturated rings. The summed E-state index contributed by atoms with van der Waals surface area (Å²) < 4.78 is 4.99. The number of rotatable bonds is 2. The van der Waals surface area contributed by atoms with Crippen LogP contribution < -0.4 is 5.32 Å². The summed E-state index contributed by atoms with van der Waals surface area (Å²) in [7, 11) is 0. The highest BCUT2D eigenvalue weighted by Crippen LogP contribution is 2.08. The maximum atomic E-state index is 11.6. The maximum absolute atomic E-state index is 11.6. The van der Waals surface area contributed by atoms with Crippen LogP contribution in [0.5, 0.6) is 0 Å². The van der Waals surface area contributed by atoms with Gasteiger partial charge in [0.05, 0.1) is 0 Å². The standard InChI is InChI=1S/C9H7ClN4O2/c1-5-13-14-9(16-5)12-8(15)6-3-2-4-7(10)11-6/h2-4H,1H3,(H,12,14,15). The first kappa shape index (κ1) is 10.6. The van der Waals surface area contributed by atoms with Gasteiger partial charge in [-0.25, -0.2) is 4.98 Å². The molecule has 7 heteroatoms. The van der Waals surface area contributed by atoms with Gasteiger partial charge < -0.3 is 4.42 Å². The van der Waals surface area contributed by atoms with Crippen molar-refractivity contribution in [1.82, 2.24) is 15.2 Å². The van der Waals surface area contributed by atoms with Crippen molar-refractivity contribution in [3.05, 3.63) is 34.9 Å². The van der Waals surface area contributed by atoms with E-state index in [0.29, 0.717) is 5.89 Å². The Labute approximate surface area is 95.7 Å². The van der Waals surface area contributed by atoms with Crippen molar-refractivity contribution < 1.29 is 9.21 Å². The molecule has 0 spiro atoms. The van der Waals surface area contributed by atoms with Crippen LogP contribution in [0.3, 0.4) is 0 Å². The molecule has 0 saturated carbocycles. The van der Waals surface area contributed by atoms with Crippen LogP contribution in [0.25, 0.3) is 0 Å². The Morgan fingerprint density at radius 1 is 1.44 bits per heavy atom. The van der Waals surface area contributed by atoms with Crippen LogP contribution in [-0.4, -0.2) is 21.1 Å². The predicted molar refractivity (Wildman–Crippen MR) is 56.2 cm³/mol. The zero-order valence-electron chi connectivity index (χ0n) is 8.27. The van der Waals surface area contributed by atoms with Gasteiger partial charge in [-0.1, -0.05) is 22.8 Å². The molecule has 82 valence electrons. The Morgan fingerprint density at radius 3 is 2.88 bits per heavy atom. The van der Waals surface area contributed by atoms with Crippen LogP contribution in [0.4, 0.5) is 6.01 Å². The third kappa shape index (κ3) is 2.34. The van der Waals surface area contributed by atoms with E-state index in [-0.39, 0.29) is 16.9 Å². The van der Waals surface area contributed by atoms with E-state index in [1.54, 1.807) is 19.1 Å². The highest BCUT2D eigenvalue weighted by atomic mass is 35.5. The first-order chi connectivity index (χ1) is 7.65. The molecule has 2 aromatic rings. The summed E-state index contributed by atoms with van der Waals surface area (Å²) >= 11 is 5.65. The van der Waals surface area contributed by atoms with E-state index in [2.05, 4.69) is 20.5 Å². The smallest absolute Gasteiger partial charge is 0.322 e. The van der Waals surface area contributed by atoms with Crippen LogP contribution in [0, 0.1) is 6.92 Å². The summed E-state index contributed by atoms with van der Waals surface area (Å²) in [5.41, 5.74) is 0.184. The minimum atomic E-state index is -0.453. The van der Waals surface area contributed by atoms with Gasteiger partial charge >= 0.3 is 6.01 Å². The van der Waals surface area contributed by atoms with E-state index >= 15 is 0 Å². The first-order valence-electron chi connectivity index (χ1n) is 4.39. The van der Waals surface area contributed by atoms with E-state index in [0.717, 1.165) is 0 Å². The topological polar surface area (TPSA) is 80.9 Å². The van der Waals surface area contributed by atoms with Gasteiger partial charge in [-0.3, -0.25) is 10.1 Å². The number of carbonyl (C=O) groups is 1. The first-order valence-corrected chi connectivity index (χ1v) is 4.77. The Hall–Kier alpha value is -1.95. The van der Waals surface area contributed by atoms with Gasteiger partial charge in [0.15, 0.2) is 0 Å². The fourth-order valence-electron chi connectivity index (χ4n) is 1.04. The molecular formula is C9H7ClN4O2. The minimum Gasteiger partial charge on any atom is -0.408 e. The van der Waals surface area contributed by atoms with Gasteiger partial charge in [0.25, 0.3) is 5.91 Å². The largest absolute Gasteiger partial charge is 0.408 e. The van der Waals surface area contributed by atoms with E-state index in [9.17, 15) is 4.79 Å². The van der Waals surface area contributed by atoms with Gasteiger partial charge in [0.2, 0.25) is 5.89 Å². The van der Waals surface area contributed by atoms with Crippen molar-refractivity contribution in [2.75, 3.05) is 5.32 Å². The number of nitrogens with zero attached hydrogens (tertiary/aromatic N) is 3. The number of hydrogen-bond donors (Lipinski definition) is 1. The average Bonchev–Trinajstić information content (AvgIpc) is 2.64. The highest BCUT2D eigenvalue weighted by Gasteiger charge is 2.11. The fraction of sp³-hybridized carbons (Fsp3) is 0.111. The van der Waals surface area contributed by atoms with Crippen LogP contribution >= 0.6 is 11.6 Å². The van der Waals surface area contributed by atoms with Crippen molar-refractivity contribution in [2.45, 2.75) is 6.92 Å². The van der Waals surface area contributed by atoms with Gasteiger partial charge in [-0.05, 0) is 12.1 Å². The number of nitrogens with one attached hydrogen (secondary N) is 1. The normalized spacial score (nSPS) is 10.1. The van der Waals surface area contributed by atoms with Crippen molar-refractivity contribution in [3.8, 4) is 0 Å². The average molecular weight is 239 g/mol. The van der Waals surface area contributed by atoms with Crippen LogP contribution in [0.1, 0.15) is 16.4 Å². The molecule has 0 bridgehead atoms. The zero-order chi connectivity index (χ0) is 11.5. The Kier molecular flexibility index (Phi) is 2.82. The number of aromatic nitrogens is 3. The number of amides is 1. The third-order valence-corrected chi connectivity index (χ3v) is 1.90. The lowest BCUT2D eigenvalue weighted by molar-refractivity contribution is 0.101. The molecule has 0 aromatic carbocycles. The summed E-state index contributed by atoms with van der Waals surface area (Å²) in [5.74, 6) is -0.0829. The van der Waals surface area contributed by atoms with Crippen molar-refractivity contribution in [1.29, 1.82) is 0 Å². The molecule has 0 aliphatic rings. The number of hydrogen-bond acceptors (Lipinski definition) is 5. The molecule has 0 unspecified atom stereocenters. The lowest BCUT2D eigenvalue weighted by Crippen LogP contribution is -2.13. The summed E-state index contributed by atoms with van der Waals surface area (Å²) in [4.78, 5) is 15.5. The Balaban J connectivity index is 2.14. The number of anilines is 1. The highest BCUT2D eigenvalue weighted by molar-refractivity contribution is 6.29. The lowest BCUT2D eigenvalue weighted by Gasteiger charge is -1.99. The molecular weight excluding hydrogens is 232 g/mol. The second-order valence-electron chi connectivity index (χ2n) is 2.93. The lowest BCUT2D eigenvalue weighted by atomic mass is 10.3.